The molecule has 0 heterocycles. The van der Waals surface area contributed by atoms with Gasteiger partial charge in [-0.05, 0) is 24.3 Å². The molecule has 1 fully saturated rings. The minimum Gasteiger partial charge on any atom is -0.351 e. The van der Waals surface area contributed by atoms with Gasteiger partial charge in [0, 0.05) is 6.04 Å². The lowest BCUT2D eigenvalue weighted by Gasteiger charge is -2.20. The lowest BCUT2D eigenvalue weighted by atomic mass is 10.0. The van der Waals surface area contributed by atoms with Crippen LogP contribution in [-0.2, 0) is 4.79 Å². The highest BCUT2D eigenvalue weighted by atomic mass is 16.2. The Morgan fingerprint density at radius 2 is 2.06 bits per heavy atom. The molecular formula is C14H20N2O. The molecule has 0 spiro atoms. The fourth-order valence-corrected chi connectivity index (χ4v) is 2.44. The molecule has 0 saturated heterocycles. The summed E-state index contributed by atoms with van der Waals surface area (Å²) in [4.78, 5) is 12.0. The number of carbonyl (C=O) groups excluding carboxylic acids is 1. The molecule has 1 amide bonds. The first-order chi connectivity index (χ1) is 8.18. The van der Waals surface area contributed by atoms with Crippen molar-refractivity contribution in [2.75, 3.05) is 0 Å². The van der Waals surface area contributed by atoms with Crippen molar-refractivity contribution in [1.82, 2.24) is 5.32 Å². The van der Waals surface area contributed by atoms with Gasteiger partial charge in [-0.1, -0.05) is 43.7 Å². The molecule has 3 atom stereocenters. The molecule has 1 aliphatic rings. The monoisotopic (exact) mass is 232 g/mol. The maximum atomic E-state index is 12.0. The Hall–Kier alpha value is -1.35. The van der Waals surface area contributed by atoms with Gasteiger partial charge in [-0.15, -0.1) is 0 Å². The maximum Gasteiger partial charge on any atom is 0.241 e. The fourth-order valence-electron chi connectivity index (χ4n) is 2.44. The van der Waals surface area contributed by atoms with Gasteiger partial charge in [-0.2, -0.15) is 0 Å². The third-order valence-corrected chi connectivity index (χ3v) is 3.63. The second-order valence-electron chi connectivity index (χ2n) is 4.91. The molecule has 1 aromatic rings. The fraction of sp³-hybridized carbons (Fsp3) is 0.500. The van der Waals surface area contributed by atoms with E-state index in [2.05, 4.69) is 12.2 Å². The predicted molar refractivity (Wildman–Crippen MR) is 68.3 cm³/mol. The van der Waals surface area contributed by atoms with E-state index in [0.29, 0.717) is 12.0 Å². The predicted octanol–water partition coefficient (Wildman–Crippen LogP) is 1.99. The van der Waals surface area contributed by atoms with Crippen LogP contribution in [0.25, 0.3) is 0 Å². The van der Waals surface area contributed by atoms with Crippen molar-refractivity contribution in [1.29, 1.82) is 0 Å². The number of hydrogen-bond acceptors (Lipinski definition) is 2. The summed E-state index contributed by atoms with van der Waals surface area (Å²) in [6.07, 6.45) is 3.48. The van der Waals surface area contributed by atoms with Crippen LogP contribution in [0.15, 0.2) is 30.3 Å². The van der Waals surface area contributed by atoms with Gasteiger partial charge in [-0.25, -0.2) is 0 Å². The van der Waals surface area contributed by atoms with Gasteiger partial charge in [0.05, 0.1) is 0 Å². The molecular weight excluding hydrogens is 212 g/mol. The number of hydrogen-bond donors (Lipinski definition) is 2. The highest BCUT2D eigenvalue weighted by Crippen LogP contribution is 2.25. The zero-order valence-corrected chi connectivity index (χ0v) is 10.2. The smallest absolute Gasteiger partial charge is 0.241 e. The standard InChI is InChI=1S/C14H20N2O/c1-10-6-5-9-12(10)16-14(17)13(15)11-7-3-2-4-8-11/h2-4,7-8,10,12-13H,5-6,9,15H2,1H3,(H,16,17). The Morgan fingerprint density at radius 3 is 2.65 bits per heavy atom. The molecule has 0 aromatic heterocycles. The van der Waals surface area contributed by atoms with Gasteiger partial charge >= 0.3 is 0 Å². The Morgan fingerprint density at radius 1 is 1.35 bits per heavy atom. The van der Waals surface area contributed by atoms with E-state index in [-0.39, 0.29) is 5.91 Å². The lowest BCUT2D eigenvalue weighted by molar-refractivity contribution is -0.123. The summed E-state index contributed by atoms with van der Waals surface area (Å²) in [6, 6.07) is 9.26. The molecule has 1 aromatic carbocycles. The number of rotatable bonds is 3. The second-order valence-corrected chi connectivity index (χ2v) is 4.91. The molecule has 0 bridgehead atoms. The highest BCUT2D eigenvalue weighted by Gasteiger charge is 2.26. The molecule has 3 heteroatoms. The Balaban J connectivity index is 1.96. The van der Waals surface area contributed by atoms with Crippen molar-refractivity contribution in [3.8, 4) is 0 Å². The third-order valence-electron chi connectivity index (χ3n) is 3.63. The van der Waals surface area contributed by atoms with Gasteiger partial charge in [0.25, 0.3) is 0 Å². The van der Waals surface area contributed by atoms with Crippen LogP contribution in [0, 0.1) is 5.92 Å². The van der Waals surface area contributed by atoms with E-state index in [1.165, 1.54) is 12.8 Å². The Labute approximate surface area is 102 Å². The van der Waals surface area contributed by atoms with Crippen LogP contribution in [0.3, 0.4) is 0 Å². The number of nitrogens with one attached hydrogen (secondary N) is 1. The van der Waals surface area contributed by atoms with E-state index in [1.54, 1.807) is 0 Å². The average Bonchev–Trinajstić information content (AvgIpc) is 2.75. The molecule has 1 saturated carbocycles. The molecule has 1 aliphatic carbocycles. The van der Waals surface area contributed by atoms with Crippen LogP contribution < -0.4 is 11.1 Å². The topological polar surface area (TPSA) is 55.1 Å². The second kappa shape index (κ2) is 5.32. The van der Waals surface area contributed by atoms with Crippen molar-refractivity contribution in [2.45, 2.75) is 38.3 Å². The van der Waals surface area contributed by atoms with E-state index in [9.17, 15) is 4.79 Å². The van der Waals surface area contributed by atoms with Crippen LogP contribution in [0.5, 0.6) is 0 Å². The summed E-state index contributed by atoms with van der Waals surface area (Å²) < 4.78 is 0. The van der Waals surface area contributed by atoms with E-state index in [1.807, 2.05) is 30.3 Å². The number of benzene rings is 1. The summed E-state index contributed by atoms with van der Waals surface area (Å²) in [6.45, 7) is 2.19. The van der Waals surface area contributed by atoms with E-state index in [4.69, 9.17) is 5.73 Å². The van der Waals surface area contributed by atoms with Gasteiger partial charge in [0.2, 0.25) is 5.91 Å². The number of amides is 1. The molecule has 17 heavy (non-hydrogen) atoms. The zero-order chi connectivity index (χ0) is 12.3. The molecule has 3 unspecified atom stereocenters. The van der Waals surface area contributed by atoms with Crippen molar-refractivity contribution < 1.29 is 4.79 Å². The molecule has 3 nitrogen and oxygen atoms in total. The van der Waals surface area contributed by atoms with Crippen molar-refractivity contribution in [2.24, 2.45) is 11.7 Å². The molecule has 92 valence electrons. The molecule has 0 radical (unpaired) electrons. The van der Waals surface area contributed by atoms with Crippen LogP contribution in [-0.4, -0.2) is 11.9 Å². The molecule has 3 N–H and O–H groups in total. The van der Waals surface area contributed by atoms with Crippen LogP contribution in [0.1, 0.15) is 37.8 Å². The first-order valence-electron chi connectivity index (χ1n) is 6.29. The van der Waals surface area contributed by atoms with Gasteiger partial charge in [0.15, 0.2) is 0 Å². The van der Waals surface area contributed by atoms with Crippen molar-refractivity contribution >= 4 is 5.91 Å². The number of carbonyl (C=O) groups is 1. The summed E-state index contributed by atoms with van der Waals surface area (Å²) >= 11 is 0. The van der Waals surface area contributed by atoms with Gasteiger partial charge in [0.1, 0.15) is 6.04 Å². The Kier molecular flexibility index (Phi) is 3.79. The van der Waals surface area contributed by atoms with Gasteiger partial charge < -0.3 is 11.1 Å². The summed E-state index contributed by atoms with van der Waals surface area (Å²) in [7, 11) is 0. The average molecular weight is 232 g/mol. The van der Waals surface area contributed by atoms with Crippen molar-refractivity contribution in [3.05, 3.63) is 35.9 Å². The maximum absolute atomic E-state index is 12.0. The SMILES string of the molecule is CC1CCCC1NC(=O)C(N)c1ccccc1. The first-order valence-corrected chi connectivity index (χ1v) is 6.29. The Bertz CT molecular complexity index is 377. The van der Waals surface area contributed by atoms with Crippen LogP contribution in [0.4, 0.5) is 0 Å². The van der Waals surface area contributed by atoms with Gasteiger partial charge in [-0.3, -0.25) is 4.79 Å². The minimum atomic E-state index is -0.552. The quantitative estimate of drug-likeness (QED) is 0.837. The zero-order valence-electron chi connectivity index (χ0n) is 10.2. The molecule has 0 aliphatic heterocycles. The normalized spacial score (nSPS) is 25.5. The van der Waals surface area contributed by atoms with Crippen LogP contribution in [0.2, 0.25) is 0 Å². The summed E-state index contributed by atoms with van der Waals surface area (Å²) in [5, 5.41) is 3.06. The first kappa shape index (κ1) is 12.1. The van der Waals surface area contributed by atoms with E-state index in [0.717, 1.165) is 12.0 Å². The third kappa shape index (κ3) is 2.86. The summed E-state index contributed by atoms with van der Waals surface area (Å²) in [5.41, 5.74) is 6.82. The molecule has 2 rings (SSSR count). The largest absolute Gasteiger partial charge is 0.351 e. The van der Waals surface area contributed by atoms with E-state index >= 15 is 0 Å². The lowest BCUT2D eigenvalue weighted by Crippen LogP contribution is -2.41. The summed E-state index contributed by atoms with van der Waals surface area (Å²) in [5.74, 6) is 0.511. The van der Waals surface area contributed by atoms with Crippen LogP contribution >= 0.6 is 0 Å². The van der Waals surface area contributed by atoms with Crippen molar-refractivity contribution in [3.63, 3.8) is 0 Å². The van der Waals surface area contributed by atoms with E-state index < -0.39 is 6.04 Å². The number of nitrogens with two attached hydrogens (primary N) is 1. The minimum absolute atomic E-state index is 0.0602. The highest BCUT2D eigenvalue weighted by molar-refractivity contribution is 5.83.